The average molecular weight is 645 g/mol. The molecule has 1 saturated heterocycles. The molecule has 0 aromatic heterocycles. The number of nitrogens with two attached hydrogens (primary N) is 1. The van der Waals surface area contributed by atoms with Crippen LogP contribution in [-0.4, -0.2) is 65.8 Å². The molecular weight excluding hydrogens is 600 g/mol. The molecule has 5 amide bonds. The number of nitrogens with one attached hydrogen (secondary N) is 3. The monoisotopic (exact) mass is 644 g/mol. The van der Waals surface area contributed by atoms with Crippen molar-refractivity contribution in [2.75, 3.05) is 13.1 Å². The number of carbonyl (C=O) groups is 5. The van der Waals surface area contributed by atoms with Crippen molar-refractivity contribution in [1.29, 1.82) is 5.26 Å². The van der Waals surface area contributed by atoms with Crippen LogP contribution in [0.15, 0.2) is 72.3 Å². The first kappa shape index (κ1) is 36.3. The van der Waals surface area contributed by atoms with Crippen LogP contribution in [0.3, 0.4) is 0 Å². The molecule has 5 N–H and O–H groups in total. The molecule has 12 heteroatoms. The van der Waals surface area contributed by atoms with Crippen molar-refractivity contribution in [3.63, 3.8) is 0 Å². The Bertz CT molecular complexity index is 1430. The van der Waals surface area contributed by atoms with Gasteiger partial charge in [0, 0.05) is 32.0 Å². The molecule has 2 aromatic carbocycles. The number of hydrogen-bond acceptors (Lipinski definition) is 7. The van der Waals surface area contributed by atoms with Crippen molar-refractivity contribution < 1.29 is 28.7 Å². The Hall–Kier alpha value is -5.18. The molecule has 2 aromatic rings. The molecule has 3 rings (SSSR count). The molecule has 47 heavy (non-hydrogen) atoms. The lowest BCUT2D eigenvalue weighted by Crippen LogP contribution is -2.55. The van der Waals surface area contributed by atoms with Crippen molar-refractivity contribution in [2.45, 2.75) is 77.1 Å². The Morgan fingerprint density at radius 3 is 2.06 bits per heavy atom. The van der Waals surface area contributed by atoms with E-state index in [2.05, 4.69) is 16.0 Å². The van der Waals surface area contributed by atoms with Crippen LogP contribution in [0.25, 0.3) is 0 Å². The molecule has 1 heterocycles. The topological polar surface area (TPSA) is 184 Å². The largest absolute Gasteiger partial charge is 0.445 e. The highest BCUT2D eigenvalue weighted by molar-refractivity contribution is 5.96. The van der Waals surface area contributed by atoms with E-state index in [1.165, 1.54) is 6.08 Å². The van der Waals surface area contributed by atoms with Gasteiger partial charge in [-0.15, -0.1) is 0 Å². The predicted octanol–water partition coefficient (Wildman–Crippen LogP) is 2.88. The highest BCUT2D eigenvalue weighted by Crippen LogP contribution is 2.14. The summed E-state index contributed by atoms with van der Waals surface area (Å²) in [5.41, 5.74) is 6.54. The van der Waals surface area contributed by atoms with Gasteiger partial charge in [-0.1, -0.05) is 74.5 Å². The predicted molar refractivity (Wildman–Crippen MR) is 175 cm³/mol. The number of alkyl carbamates (subject to hydrolysis) is 1. The summed E-state index contributed by atoms with van der Waals surface area (Å²) in [5, 5.41) is 17.7. The lowest BCUT2D eigenvalue weighted by Gasteiger charge is -2.26. The maximum Gasteiger partial charge on any atom is 0.408 e. The van der Waals surface area contributed by atoms with Gasteiger partial charge in [-0.3, -0.25) is 19.2 Å². The second-order valence-corrected chi connectivity index (χ2v) is 11.9. The molecule has 0 unspecified atom stereocenters. The van der Waals surface area contributed by atoms with E-state index in [-0.39, 0.29) is 49.7 Å². The number of ether oxygens (including phenoxy) is 1. The first-order chi connectivity index (χ1) is 22.5. The molecule has 0 radical (unpaired) electrons. The summed E-state index contributed by atoms with van der Waals surface area (Å²) < 4.78 is 5.33. The number of nitriles is 1. The van der Waals surface area contributed by atoms with E-state index in [0.29, 0.717) is 13.1 Å². The molecule has 250 valence electrons. The fourth-order valence-corrected chi connectivity index (χ4v) is 5.20. The van der Waals surface area contributed by atoms with E-state index >= 15 is 0 Å². The second-order valence-electron chi connectivity index (χ2n) is 11.9. The van der Waals surface area contributed by atoms with Crippen molar-refractivity contribution in [3.8, 4) is 6.07 Å². The van der Waals surface area contributed by atoms with Crippen LogP contribution in [0.2, 0.25) is 0 Å². The molecule has 1 fully saturated rings. The van der Waals surface area contributed by atoms with Gasteiger partial charge in [0.25, 0.3) is 5.91 Å². The number of carbonyl (C=O) groups excluding carboxylic acids is 5. The molecule has 1 aliphatic heterocycles. The van der Waals surface area contributed by atoms with Gasteiger partial charge in [-0.05, 0) is 48.8 Å². The van der Waals surface area contributed by atoms with Gasteiger partial charge in [0.2, 0.25) is 17.7 Å². The summed E-state index contributed by atoms with van der Waals surface area (Å²) in [7, 11) is 0. The minimum absolute atomic E-state index is 0.0161. The molecular formula is C35H44N6O6. The number of likely N-dealkylation sites (tertiary alicyclic amines) is 1. The normalized spacial score (nSPS) is 14.8. The van der Waals surface area contributed by atoms with Crippen molar-refractivity contribution in [1.82, 2.24) is 20.9 Å². The Labute approximate surface area is 275 Å². The summed E-state index contributed by atoms with van der Waals surface area (Å²) >= 11 is 0. The van der Waals surface area contributed by atoms with Crippen LogP contribution < -0.4 is 21.7 Å². The summed E-state index contributed by atoms with van der Waals surface area (Å²) in [6.07, 6.45) is 2.87. The third-order valence-electron chi connectivity index (χ3n) is 7.65. The minimum Gasteiger partial charge on any atom is -0.445 e. The SMILES string of the molecule is CC(C)C[C@H](NC(=O)OCc1ccccc1)C(=O)N[C@@H](Cc1ccccc1)C(=O)N[C@@H](/C=C(/C#N)C(N)=O)CCC(=O)N1CCCC1. The number of rotatable bonds is 16. The zero-order valence-corrected chi connectivity index (χ0v) is 26.9. The van der Waals surface area contributed by atoms with Crippen LogP contribution in [-0.2, 0) is 36.9 Å². The molecule has 12 nitrogen and oxygen atoms in total. The van der Waals surface area contributed by atoms with Crippen LogP contribution in [0.4, 0.5) is 4.79 Å². The van der Waals surface area contributed by atoms with Crippen molar-refractivity contribution in [2.24, 2.45) is 11.7 Å². The van der Waals surface area contributed by atoms with Gasteiger partial charge in [-0.2, -0.15) is 5.26 Å². The minimum atomic E-state index is -1.11. The molecule has 0 spiro atoms. The van der Waals surface area contributed by atoms with Gasteiger partial charge in [0.15, 0.2) is 0 Å². The maximum atomic E-state index is 13.8. The highest BCUT2D eigenvalue weighted by atomic mass is 16.5. The number of amides is 5. The zero-order valence-electron chi connectivity index (χ0n) is 26.9. The fraction of sp³-hybridized carbons (Fsp3) is 0.429. The average Bonchev–Trinajstić information content (AvgIpc) is 3.60. The Balaban J connectivity index is 1.78. The molecule has 3 atom stereocenters. The molecule has 1 aliphatic rings. The summed E-state index contributed by atoms with van der Waals surface area (Å²) in [6.45, 7) is 5.14. The summed E-state index contributed by atoms with van der Waals surface area (Å²) in [5.74, 6) is -2.23. The van der Waals surface area contributed by atoms with Gasteiger partial charge in [0.1, 0.15) is 30.3 Å². The van der Waals surface area contributed by atoms with E-state index in [1.807, 2.05) is 62.4 Å². The Morgan fingerprint density at radius 2 is 1.49 bits per heavy atom. The quantitative estimate of drug-likeness (QED) is 0.160. The Kier molecular flexibility index (Phi) is 14.4. The maximum absolute atomic E-state index is 13.8. The van der Waals surface area contributed by atoms with Gasteiger partial charge < -0.3 is 31.3 Å². The first-order valence-corrected chi connectivity index (χ1v) is 15.9. The number of nitrogens with zero attached hydrogens (tertiary/aromatic N) is 2. The van der Waals surface area contributed by atoms with Crippen LogP contribution in [0.5, 0.6) is 0 Å². The van der Waals surface area contributed by atoms with E-state index in [9.17, 15) is 29.2 Å². The van der Waals surface area contributed by atoms with E-state index in [4.69, 9.17) is 10.5 Å². The fourth-order valence-electron chi connectivity index (χ4n) is 5.20. The smallest absolute Gasteiger partial charge is 0.408 e. The van der Waals surface area contributed by atoms with E-state index in [0.717, 1.165) is 24.0 Å². The second kappa shape index (κ2) is 18.7. The van der Waals surface area contributed by atoms with Crippen LogP contribution in [0.1, 0.15) is 57.1 Å². The summed E-state index contributed by atoms with van der Waals surface area (Å²) in [4.78, 5) is 66.4. The highest BCUT2D eigenvalue weighted by Gasteiger charge is 2.29. The summed E-state index contributed by atoms with van der Waals surface area (Å²) in [6, 6.07) is 16.9. The van der Waals surface area contributed by atoms with Crippen molar-refractivity contribution >= 4 is 29.7 Å². The zero-order chi connectivity index (χ0) is 34.2. The lowest BCUT2D eigenvalue weighted by atomic mass is 10.0. The third kappa shape index (κ3) is 12.6. The number of hydrogen-bond donors (Lipinski definition) is 4. The number of primary amides is 1. The van der Waals surface area contributed by atoms with E-state index < -0.39 is 41.9 Å². The third-order valence-corrected chi connectivity index (χ3v) is 7.65. The molecule has 0 aliphatic carbocycles. The van der Waals surface area contributed by atoms with Crippen LogP contribution in [0, 0.1) is 17.2 Å². The standard InChI is InChI=1S/C35H44N6O6/c1-24(2)19-29(40-35(46)47-23-26-13-7-4-8-14-26)34(45)39-30(20-25-11-5-3-6-12-25)33(44)38-28(21-27(22-36)32(37)43)15-16-31(42)41-17-9-10-18-41/h3-8,11-14,21,24,28-30H,9-10,15-20,23H2,1-2H3,(H2,37,43)(H,38,44)(H,39,45)(H,40,46)/b27-21-/t28-,29+,30+/m1/s1. The Morgan fingerprint density at radius 1 is 0.894 bits per heavy atom. The van der Waals surface area contributed by atoms with Crippen molar-refractivity contribution in [3.05, 3.63) is 83.4 Å². The van der Waals surface area contributed by atoms with Gasteiger partial charge in [-0.25, -0.2) is 4.79 Å². The molecule has 0 bridgehead atoms. The van der Waals surface area contributed by atoms with E-state index in [1.54, 1.807) is 23.1 Å². The molecule has 0 saturated carbocycles. The van der Waals surface area contributed by atoms with Gasteiger partial charge >= 0.3 is 6.09 Å². The first-order valence-electron chi connectivity index (χ1n) is 15.9. The lowest BCUT2D eigenvalue weighted by molar-refractivity contribution is -0.131. The van der Waals surface area contributed by atoms with Gasteiger partial charge in [0.05, 0.1) is 0 Å². The van der Waals surface area contributed by atoms with Crippen LogP contribution >= 0.6 is 0 Å². The number of benzene rings is 2.